The Morgan fingerprint density at radius 2 is 1.70 bits per heavy atom. The molecule has 0 saturated carbocycles. The lowest BCUT2D eigenvalue weighted by Gasteiger charge is -2.31. The van der Waals surface area contributed by atoms with E-state index in [0.29, 0.717) is 30.3 Å². The van der Waals surface area contributed by atoms with Crippen LogP contribution in [0.2, 0.25) is 0 Å². The SMILES string of the molecule is CCOc1ccc(S(=O)(=O)N2CC[NH+](Cc3ccccc3OC)CC2)cc1. The third-order valence-corrected chi connectivity index (χ3v) is 6.75. The van der Waals surface area contributed by atoms with E-state index in [0.717, 1.165) is 30.9 Å². The van der Waals surface area contributed by atoms with Crippen LogP contribution < -0.4 is 14.4 Å². The summed E-state index contributed by atoms with van der Waals surface area (Å²) >= 11 is 0. The number of piperazine rings is 1. The van der Waals surface area contributed by atoms with Crippen molar-refractivity contribution >= 4 is 10.0 Å². The normalized spacial score (nSPS) is 16.2. The van der Waals surface area contributed by atoms with Crippen LogP contribution >= 0.6 is 0 Å². The van der Waals surface area contributed by atoms with Gasteiger partial charge in [-0.15, -0.1) is 0 Å². The molecule has 1 N–H and O–H groups in total. The van der Waals surface area contributed by atoms with Crippen LogP contribution in [0, 0.1) is 0 Å². The zero-order valence-corrected chi connectivity index (χ0v) is 16.7. The molecule has 2 aromatic rings. The van der Waals surface area contributed by atoms with Gasteiger partial charge >= 0.3 is 0 Å². The van der Waals surface area contributed by atoms with Crippen molar-refractivity contribution in [1.82, 2.24) is 4.31 Å². The third-order valence-electron chi connectivity index (χ3n) is 4.84. The summed E-state index contributed by atoms with van der Waals surface area (Å²) in [6.07, 6.45) is 0. The van der Waals surface area contributed by atoms with Gasteiger partial charge in [0.1, 0.15) is 18.0 Å². The average molecular weight is 392 g/mol. The van der Waals surface area contributed by atoms with Crippen molar-refractivity contribution < 1.29 is 22.8 Å². The smallest absolute Gasteiger partial charge is 0.243 e. The molecule has 1 aliphatic heterocycles. The molecule has 0 radical (unpaired) electrons. The quantitative estimate of drug-likeness (QED) is 0.770. The van der Waals surface area contributed by atoms with Crippen molar-refractivity contribution in [2.24, 2.45) is 0 Å². The third kappa shape index (κ3) is 4.61. The monoisotopic (exact) mass is 391 g/mol. The summed E-state index contributed by atoms with van der Waals surface area (Å²) in [7, 11) is -1.79. The van der Waals surface area contributed by atoms with Crippen molar-refractivity contribution in [2.45, 2.75) is 18.4 Å². The van der Waals surface area contributed by atoms with Gasteiger partial charge in [0.05, 0.1) is 44.8 Å². The summed E-state index contributed by atoms with van der Waals surface area (Å²) < 4.78 is 38.1. The highest BCUT2D eigenvalue weighted by atomic mass is 32.2. The Morgan fingerprint density at radius 1 is 1.04 bits per heavy atom. The minimum Gasteiger partial charge on any atom is -0.496 e. The van der Waals surface area contributed by atoms with Gasteiger partial charge in [-0.3, -0.25) is 0 Å². The Kier molecular flexibility index (Phi) is 6.36. The molecule has 3 rings (SSSR count). The lowest BCUT2D eigenvalue weighted by molar-refractivity contribution is -0.917. The molecule has 1 saturated heterocycles. The number of rotatable bonds is 7. The molecule has 0 bridgehead atoms. The molecular weight excluding hydrogens is 364 g/mol. The predicted molar refractivity (Wildman–Crippen MR) is 104 cm³/mol. The van der Waals surface area contributed by atoms with Crippen LogP contribution in [0.5, 0.6) is 11.5 Å². The van der Waals surface area contributed by atoms with Gasteiger partial charge in [-0.05, 0) is 43.3 Å². The van der Waals surface area contributed by atoms with Crippen LogP contribution in [0.25, 0.3) is 0 Å². The molecule has 27 heavy (non-hydrogen) atoms. The van der Waals surface area contributed by atoms with Crippen LogP contribution in [0.3, 0.4) is 0 Å². The van der Waals surface area contributed by atoms with Crippen molar-refractivity contribution in [3.8, 4) is 11.5 Å². The molecule has 0 amide bonds. The number of para-hydroxylation sites is 1. The number of hydrogen-bond donors (Lipinski definition) is 1. The number of benzene rings is 2. The number of sulfonamides is 1. The van der Waals surface area contributed by atoms with Crippen LogP contribution in [-0.2, 0) is 16.6 Å². The highest BCUT2D eigenvalue weighted by molar-refractivity contribution is 7.89. The first-order valence-corrected chi connectivity index (χ1v) is 10.7. The molecule has 0 spiro atoms. The fraction of sp³-hybridized carbons (Fsp3) is 0.400. The number of ether oxygens (including phenoxy) is 2. The van der Waals surface area contributed by atoms with Crippen molar-refractivity contribution in [2.75, 3.05) is 39.9 Å². The fourth-order valence-electron chi connectivity index (χ4n) is 3.36. The zero-order valence-electron chi connectivity index (χ0n) is 15.8. The van der Waals surface area contributed by atoms with E-state index in [1.807, 2.05) is 25.1 Å². The van der Waals surface area contributed by atoms with Crippen LogP contribution in [0.1, 0.15) is 12.5 Å². The van der Waals surface area contributed by atoms with E-state index < -0.39 is 10.0 Å². The van der Waals surface area contributed by atoms with Crippen molar-refractivity contribution in [3.63, 3.8) is 0 Å². The molecule has 0 aliphatic carbocycles. The topological polar surface area (TPSA) is 60.3 Å². The van der Waals surface area contributed by atoms with Gasteiger partial charge in [0, 0.05) is 5.56 Å². The number of methoxy groups -OCH3 is 1. The second-order valence-electron chi connectivity index (χ2n) is 6.55. The second kappa shape index (κ2) is 8.73. The number of quaternary nitrogens is 1. The van der Waals surface area contributed by atoms with E-state index in [1.54, 1.807) is 35.7 Å². The Morgan fingerprint density at radius 3 is 2.33 bits per heavy atom. The summed E-state index contributed by atoms with van der Waals surface area (Å²) in [4.78, 5) is 1.68. The Hall–Kier alpha value is -2.09. The van der Waals surface area contributed by atoms with Gasteiger partial charge in [-0.25, -0.2) is 8.42 Å². The Balaban J connectivity index is 1.62. The molecule has 0 aromatic heterocycles. The van der Waals surface area contributed by atoms with Gasteiger partial charge in [0.2, 0.25) is 10.0 Å². The van der Waals surface area contributed by atoms with Crippen molar-refractivity contribution in [1.29, 1.82) is 0 Å². The molecule has 1 aliphatic rings. The first-order chi connectivity index (χ1) is 13.0. The second-order valence-corrected chi connectivity index (χ2v) is 8.49. The Bertz CT molecular complexity index is 845. The molecule has 2 aromatic carbocycles. The zero-order chi connectivity index (χ0) is 19.3. The van der Waals surface area contributed by atoms with E-state index in [1.165, 1.54) is 4.90 Å². The van der Waals surface area contributed by atoms with Gasteiger partial charge in [0.25, 0.3) is 0 Å². The van der Waals surface area contributed by atoms with Crippen molar-refractivity contribution in [3.05, 3.63) is 54.1 Å². The van der Waals surface area contributed by atoms with E-state index in [9.17, 15) is 8.42 Å². The largest absolute Gasteiger partial charge is 0.496 e. The summed E-state index contributed by atoms with van der Waals surface area (Å²) in [6, 6.07) is 14.6. The van der Waals surface area contributed by atoms with E-state index in [2.05, 4.69) is 6.07 Å². The van der Waals surface area contributed by atoms with Crippen LogP contribution in [-0.4, -0.2) is 52.6 Å². The lowest BCUT2D eigenvalue weighted by atomic mass is 10.2. The summed E-state index contributed by atoms with van der Waals surface area (Å²) in [5.74, 6) is 1.57. The lowest BCUT2D eigenvalue weighted by Crippen LogP contribution is -3.13. The number of nitrogens with one attached hydrogen (secondary N) is 1. The summed E-state index contributed by atoms with van der Waals surface area (Å²) in [5, 5.41) is 0. The highest BCUT2D eigenvalue weighted by Gasteiger charge is 2.30. The van der Waals surface area contributed by atoms with E-state index in [4.69, 9.17) is 9.47 Å². The highest BCUT2D eigenvalue weighted by Crippen LogP contribution is 2.20. The summed E-state index contributed by atoms with van der Waals surface area (Å²) in [5.41, 5.74) is 1.15. The van der Waals surface area contributed by atoms with Gasteiger partial charge in [-0.1, -0.05) is 12.1 Å². The van der Waals surface area contributed by atoms with Crippen LogP contribution in [0.15, 0.2) is 53.4 Å². The minimum absolute atomic E-state index is 0.319. The van der Waals surface area contributed by atoms with Crippen LogP contribution in [0.4, 0.5) is 0 Å². The molecular formula is C20H27N2O4S+. The van der Waals surface area contributed by atoms with Gasteiger partial charge in [-0.2, -0.15) is 4.31 Å². The van der Waals surface area contributed by atoms with Gasteiger partial charge < -0.3 is 14.4 Å². The molecule has 6 nitrogen and oxygen atoms in total. The maximum absolute atomic E-state index is 12.9. The number of nitrogens with zero attached hydrogens (tertiary/aromatic N) is 1. The maximum atomic E-state index is 12.9. The fourth-order valence-corrected chi connectivity index (χ4v) is 4.80. The van der Waals surface area contributed by atoms with E-state index in [-0.39, 0.29) is 0 Å². The van der Waals surface area contributed by atoms with E-state index >= 15 is 0 Å². The first-order valence-electron chi connectivity index (χ1n) is 9.23. The standard InChI is InChI=1S/C20H26N2O4S/c1-3-26-18-8-10-19(11-9-18)27(23,24)22-14-12-21(13-15-22)16-17-6-4-5-7-20(17)25-2/h4-11H,3,12-16H2,1-2H3/p+1. The molecule has 7 heteroatoms. The Labute approximate surface area is 161 Å². The molecule has 0 atom stereocenters. The molecule has 146 valence electrons. The predicted octanol–water partition coefficient (Wildman–Crippen LogP) is 1.18. The first kappa shape index (κ1) is 19.7. The summed E-state index contributed by atoms with van der Waals surface area (Å²) in [6.45, 7) is 5.87. The maximum Gasteiger partial charge on any atom is 0.243 e. The molecule has 1 fully saturated rings. The number of hydrogen-bond acceptors (Lipinski definition) is 4. The minimum atomic E-state index is -3.46. The molecule has 1 heterocycles. The van der Waals surface area contributed by atoms with Gasteiger partial charge in [0.15, 0.2) is 0 Å². The molecule has 0 unspecified atom stereocenters. The average Bonchev–Trinajstić information content (AvgIpc) is 2.69.